The fraction of sp³-hybridized carbons (Fsp3) is 0.462. The van der Waals surface area contributed by atoms with E-state index in [1.54, 1.807) is 0 Å². The van der Waals surface area contributed by atoms with Crippen LogP contribution in [0.4, 0.5) is 0 Å². The summed E-state index contributed by atoms with van der Waals surface area (Å²) in [6.07, 6.45) is 2.37. The topological polar surface area (TPSA) is 66.8 Å². The van der Waals surface area contributed by atoms with E-state index in [1.807, 2.05) is 60.4 Å². The zero-order valence-electron chi connectivity index (χ0n) is 18.8. The molecule has 1 saturated carbocycles. The number of amides is 1. The molecule has 0 unspecified atom stereocenters. The van der Waals surface area contributed by atoms with Gasteiger partial charge in [-0.25, -0.2) is 0 Å². The number of likely N-dealkylation sites (tertiary alicyclic amines) is 1. The van der Waals surface area contributed by atoms with Gasteiger partial charge in [-0.15, -0.1) is 0 Å². The third kappa shape index (κ3) is 4.91. The highest BCUT2D eigenvalue weighted by Gasteiger charge is 2.54. The second-order valence-corrected chi connectivity index (χ2v) is 10.3. The van der Waals surface area contributed by atoms with Crippen LogP contribution in [0.25, 0.3) is 0 Å². The Morgan fingerprint density at radius 3 is 2.42 bits per heavy atom. The minimum atomic E-state index is -0.967. The Bertz CT molecular complexity index is 1020. The molecule has 7 heteroatoms. The molecule has 1 aliphatic carbocycles. The van der Waals surface area contributed by atoms with Crippen LogP contribution in [0.1, 0.15) is 55.7 Å². The number of ether oxygens (including phenoxy) is 1. The molecule has 4 atom stereocenters. The molecule has 5 nitrogen and oxygen atoms in total. The quantitative estimate of drug-likeness (QED) is 0.529. The SMILES string of the molecule is COC(=O)C[C@@]1(C)C[C@H](c2cccc(Cl)c2)[C@@H](c2ccc(Cl)cc2)N([C@H](CO)C2CC2)C1=O. The van der Waals surface area contributed by atoms with Crippen LogP contribution < -0.4 is 0 Å². The zero-order valence-corrected chi connectivity index (χ0v) is 20.4. The van der Waals surface area contributed by atoms with Crippen molar-refractivity contribution in [1.29, 1.82) is 0 Å². The van der Waals surface area contributed by atoms with Crippen LogP contribution in [0.2, 0.25) is 10.0 Å². The molecule has 2 aromatic carbocycles. The molecule has 2 fully saturated rings. The molecule has 176 valence electrons. The highest BCUT2D eigenvalue weighted by Crippen LogP contribution is 2.54. The average molecular weight is 490 g/mol. The third-order valence-electron chi connectivity index (χ3n) is 7.06. The predicted molar refractivity (Wildman–Crippen MR) is 128 cm³/mol. The standard InChI is InChI=1S/C26H29Cl2NO4/c1-26(14-23(31)33-2)13-21(18-4-3-5-20(28)12-18)24(17-8-10-19(27)11-9-17)29(25(26)32)22(15-30)16-6-7-16/h3-5,8-12,16,21-22,24,30H,6-7,13-15H2,1-2H3/t21-,22-,24-,26-/m1/s1. The number of piperidine rings is 1. The summed E-state index contributed by atoms with van der Waals surface area (Å²) in [5.41, 5.74) is 0.964. The van der Waals surface area contributed by atoms with Gasteiger partial charge in [-0.2, -0.15) is 0 Å². The molecule has 1 heterocycles. The number of methoxy groups -OCH3 is 1. The first-order valence-corrected chi connectivity index (χ1v) is 12.0. The first-order chi connectivity index (χ1) is 15.8. The Hall–Kier alpha value is -2.08. The van der Waals surface area contributed by atoms with Gasteiger partial charge in [0.05, 0.1) is 37.6 Å². The Balaban J connectivity index is 1.88. The second kappa shape index (κ2) is 9.65. The number of hydrogen-bond acceptors (Lipinski definition) is 4. The number of hydrogen-bond donors (Lipinski definition) is 1. The lowest BCUT2D eigenvalue weighted by atomic mass is 9.67. The molecule has 33 heavy (non-hydrogen) atoms. The van der Waals surface area contributed by atoms with Gasteiger partial charge in [0.1, 0.15) is 0 Å². The van der Waals surface area contributed by atoms with Crippen molar-refractivity contribution in [3.05, 3.63) is 69.7 Å². The van der Waals surface area contributed by atoms with Crippen molar-refractivity contribution in [2.75, 3.05) is 13.7 Å². The van der Waals surface area contributed by atoms with Crippen LogP contribution in [0.5, 0.6) is 0 Å². The van der Waals surface area contributed by atoms with Crippen molar-refractivity contribution in [3.63, 3.8) is 0 Å². The highest BCUT2D eigenvalue weighted by atomic mass is 35.5. The van der Waals surface area contributed by atoms with Gasteiger partial charge in [0, 0.05) is 16.0 Å². The van der Waals surface area contributed by atoms with Gasteiger partial charge in [0.25, 0.3) is 0 Å². The van der Waals surface area contributed by atoms with Gasteiger partial charge in [0.2, 0.25) is 5.91 Å². The summed E-state index contributed by atoms with van der Waals surface area (Å²) < 4.78 is 4.94. The first-order valence-electron chi connectivity index (χ1n) is 11.3. The van der Waals surface area contributed by atoms with Gasteiger partial charge < -0.3 is 14.7 Å². The number of aliphatic hydroxyl groups is 1. The first kappa shape index (κ1) is 24.1. The van der Waals surface area contributed by atoms with Gasteiger partial charge in [0.15, 0.2) is 0 Å². The summed E-state index contributed by atoms with van der Waals surface area (Å²) in [7, 11) is 1.34. The average Bonchev–Trinajstić information content (AvgIpc) is 3.63. The maximum absolute atomic E-state index is 14.1. The zero-order chi connectivity index (χ0) is 23.8. The molecule has 1 amide bonds. The van der Waals surface area contributed by atoms with E-state index < -0.39 is 11.4 Å². The molecule has 0 aromatic heterocycles. The molecule has 0 radical (unpaired) electrons. The maximum atomic E-state index is 14.1. The third-order valence-corrected chi connectivity index (χ3v) is 7.55. The molecular weight excluding hydrogens is 461 g/mol. The summed E-state index contributed by atoms with van der Waals surface area (Å²) in [5, 5.41) is 11.6. The largest absolute Gasteiger partial charge is 0.469 e. The minimum Gasteiger partial charge on any atom is -0.469 e. The molecular formula is C26H29Cl2NO4. The Morgan fingerprint density at radius 1 is 1.15 bits per heavy atom. The molecule has 1 aliphatic heterocycles. The Labute approximate surface area is 204 Å². The van der Waals surface area contributed by atoms with E-state index in [2.05, 4.69) is 0 Å². The van der Waals surface area contributed by atoms with Crippen LogP contribution >= 0.6 is 23.2 Å². The molecule has 2 aromatic rings. The summed E-state index contributed by atoms with van der Waals surface area (Å²) in [6, 6.07) is 14.5. The van der Waals surface area contributed by atoms with E-state index in [0.29, 0.717) is 16.5 Å². The number of carbonyl (C=O) groups excluding carboxylic acids is 2. The lowest BCUT2D eigenvalue weighted by Gasteiger charge is -2.52. The summed E-state index contributed by atoms with van der Waals surface area (Å²) in [5.74, 6) is -0.441. The lowest BCUT2D eigenvalue weighted by molar-refractivity contribution is -0.163. The van der Waals surface area contributed by atoms with Crippen LogP contribution in [-0.2, 0) is 14.3 Å². The minimum absolute atomic E-state index is 0.0218. The summed E-state index contributed by atoms with van der Waals surface area (Å²) in [6.45, 7) is 1.70. The number of nitrogens with zero attached hydrogens (tertiary/aromatic N) is 1. The van der Waals surface area contributed by atoms with Gasteiger partial charge in [-0.3, -0.25) is 9.59 Å². The van der Waals surface area contributed by atoms with E-state index in [-0.39, 0.29) is 42.9 Å². The van der Waals surface area contributed by atoms with Crippen molar-refractivity contribution in [3.8, 4) is 0 Å². The van der Waals surface area contributed by atoms with Crippen LogP contribution in [0.15, 0.2) is 48.5 Å². The highest BCUT2D eigenvalue weighted by molar-refractivity contribution is 6.30. The summed E-state index contributed by atoms with van der Waals surface area (Å²) >= 11 is 12.5. The lowest BCUT2D eigenvalue weighted by Crippen LogP contribution is -2.57. The number of aliphatic hydroxyl groups excluding tert-OH is 1. The fourth-order valence-electron chi connectivity index (χ4n) is 5.25. The number of carbonyl (C=O) groups is 2. The van der Waals surface area contributed by atoms with Crippen molar-refractivity contribution >= 4 is 35.1 Å². The number of benzene rings is 2. The normalized spacial score (nSPS) is 26.2. The maximum Gasteiger partial charge on any atom is 0.306 e. The van der Waals surface area contributed by atoms with Gasteiger partial charge in [-0.1, -0.05) is 54.4 Å². The van der Waals surface area contributed by atoms with E-state index >= 15 is 0 Å². The van der Waals surface area contributed by atoms with E-state index in [9.17, 15) is 14.7 Å². The fourth-order valence-corrected chi connectivity index (χ4v) is 5.57. The van der Waals surface area contributed by atoms with E-state index in [0.717, 1.165) is 24.0 Å². The van der Waals surface area contributed by atoms with Crippen molar-refractivity contribution in [2.24, 2.45) is 11.3 Å². The number of rotatable bonds is 7. The molecule has 2 aliphatic rings. The van der Waals surface area contributed by atoms with E-state index in [4.69, 9.17) is 27.9 Å². The van der Waals surface area contributed by atoms with Crippen molar-refractivity contribution in [1.82, 2.24) is 4.90 Å². The number of esters is 1. The van der Waals surface area contributed by atoms with Crippen molar-refractivity contribution < 1.29 is 19.4 Å². The molecule has 4 rings (SSSR count). The van der Waals surface area contributed by atoms with Crippen LogP contribution in [0, 0.1) is 11.3 Å². The monoisotopic (exact) mass is 489 g/mol. The van der Waals surface area contributed by atoms with Gasteiger partial charge in [-0.05, 0) is 60.6 Å². The summed E-state index contributed by atoms with van der Waals surface area (Å²) in [4.78, 5) is 28.3. The van der Waals surface area contributed by atoms with Gasteiger partial charge >= 0.3 is 5.97 Å². The van der Waals surface area contributed by atoms with Crippen molar-refractivity contribution in [2.45, 2.75) is 50.6 Å². The predicted octanol–water partition coefficient (Wildman–Crippen LogP) is 5.39. The Kier molecular flexibility index (Phi) is 7.04. The molecule has 1 N–H and O–H groups in total. The molecule has 0 spiro atoms. The molecule has 1 saturated heterocycles. The van der Waals surface area contributed by atoms with Crippen LogP contribution in [0.3, 0.4) is 0 Å². The Morgan fingerprint density at radius 2 is 1.85 bits per heavy atom. The van der Waals surface area contributed by atoms with Crippen LogP contribution in [-0.4, -0.2) is 41.6 Å². The smallest absolute Gasteiger partial charge is 0.306 e. The second-order valence-electron chi connectivity index (χ2n) is 9.48. The number of halogens is 2. The van der Waals surface area contributed by atoms with E-state index in [1.165, 1.54) is 7.11 Å². The molecule has 0 bridgehead atoms.